The molecule has 0 unspecified atom stereocenters. The molecule has 1 amide bonds. The number of rotatable bonds is 8. The molecular formula is C15H25ClN4O. The molecule has 0 spiro atoms. The molecule has 0 aliphatic rings. The lowest BCUT2D eigenvalue weighted by atomic mass is 10.2. The average molecular weight is 313 g/mol. The predicted octanol–water partition coefficient (Wildman–Crippen LogP) is 2.13. The zero-order valence-electron chi connectivity index (χ0n) is 13.0. The number of nitrogens with one attached hydrogen (secondary N) is 1. The van der Waals surface area contributed by atoms with Crippen molar-refractivity contribution in [2.45, 2.75) is 13.3 Å². The summed E-state index contributed by atoms with van der Waals surface area (Å²) in [5.74, 6) is -0.0380. The molecule has 0 aliphatic heterocycles. The Morgan fingerprint density at radius 3 is 2.57 bits per heavy atom. The topological polar surface area (TPSA) is 61.6 Å². The van der Waals surface area contributed by atoms with Crippen molar-refractivity contribution in [3.05, 3.63) is 23.2 Å². The predicted molar refractivity (Wildman–Crippen MR) is 89.8 cm³/mol. The highest BCUT2D eigenvalue weighted by molar-refractivity contribution is 6.33. The lowest BCUT2D eigenvalue weighted by Gasteiger charge is -2.23. The van der Waals surface area contributed by atoms with Gasteiger partial charge in [0.15, 0.2) is 0 Å². The Morgan fingerprint density at radius 1 is 1.29 bits per heavy atom. The molecule has 1 aromatic carbocycles. The molecule has 0 aliphatic carbocycles. The van der Waals surface area contributed by atoms with Crippen LogP contribution in [0, 0.1) is 0 Å². The molecule has 0 atom stereocenters. The third-order valence-corrected chi connectivity index (χ3v) is 3.39. The van der Waals surface area contributed by atoms with Gasteiger partial charge in [-0.05, 0) is 45.3 Å². The van der Waals surface area contributed by atoms with E-state index in [9.17, 15) is 4.79 Å². The summed E-state index contributed by atoms with van der Waals surface area (Å²) in [5, 5.41) is 3.35. The zero-order chi connectivity index (χ0) is 15.8. The molecule has 0 fully saturated rings. The molecule has 1 rings (SSSR count). The molecule has 21 heavy (non-hydrogen) atoms. The fraction of sp³-hybridized carbons (Fsp3) is 0.533. The maximum absolute atomic E-state index is 12.1. The van der Waals surface area contributed by atoms with E-state index in [4.69, 9.17) is 17.3 Å². The molecule has 0 bridgehead atoms. The van der Waals surface area contributed by atoms with E-state index in [1.54, 1.807) is 18.2 Å². The third-order valence-electron chi connectivity index (χ3n) is 3.05. The number of nitrogens with zero attached hydrogens (tertiary/aromatic N) is 2. The molecule has 0 heterocycles. The van der Waals surface area contributed by atoms with Gasteiger partial charge in [-0.15, -0.1) is 0 Å². The molecular weight excluding hydrogens is 288 g/mol. The van der Waals surface area contributed by atoms with Gasteiger partial charge in [0.25, 0.3) is 0 Å². The Hall–Kier alpha value is -1.30. The van der Waals surface area contributed by atoms with E-state index in [1.165, 1.54) is 0 Å². The summed E-state index contributed by atoms with van der Waals surface area (Å²) in [5.41, 5.74) is 6.86. The van der Waals surface area contributed by atoms with Crippen molar-refractivity contribution < 1.29 is 4.79 Å². The van der Waals surface area contributed by atoms with E-state index in [0.717, 1.165) is 26.1 Å². The summed E-state index contributed by atoms with van der Waals surface area (Å²) in [6, 6.07) is 5.10. The standard InChI is InChI=1S/C15H25ClN4O/c1-4-7-20(9-8-19(2)3)11-15(21)18-12-5-6-13(16)14(17)10-12/h5-6,10H,4,7-9,11,17H2,1-3H3,(H,18,21). The maximum Gasteiger partial charge on any atom is 0.238 e. The highest BCUT2D eigenvalue weighted by Gasteiger charge is 2.11. The van der Waals surface area contributed by atoms with Crippen LogP contribution in [0.1, 0.15) is 13.3 Å². The highest BCUT2D eigenvalue weighted by Crippen LogP contribution is 2.22. The number of nitrogen functional groups attached to an aromatic ring is 1. The SMILES string of the molecule is CCCN(CCN(C)C)CC(=O)Nc1ccc(Cl)c(N)c1. The Kier molecular flexibility index (Phi) is 7.50. The van der Waals surface area contributed by atoms with Crippen LogP contribution >= 0.6 is 11.6 Å². The van der Waals surface area contributed by atoms with Crippen molar-refractivity contribution in [3.63, 3.8) is 0 Å². The van der Waals surface area contributed by atoms with Gasteiger partial charge in [-0.25, -0.2) is 0 Å². The van der Waals surface area contributed by atoms with Crippen LogP contribution in [0.2, 0.25) is 5.02 Å². The number of hydrogen-bond acceptors (Lipinski definition) is 4. The van der Waals surface area contributed by atoms with Crippen molar-refractivity contribution in [1.29, 1.82) is 0 Å². The smallest absolute Gasteiger partial charge is 0.238 e. The van der Waals surface area contributed by atoms with Gasteiger partial charge in [-0.2, -0.15) is 0 Å². The van der Waals surface area contributed by atoms with Crippen molar-refractivity contribution in [3.8, 4) is 0 Å². The Bertz CT molecular complexity index is 465. The monoisotopic (exact) mass is 312 g/mol. The Labute approximate surface area is 132 Å². The largest absolute Gasteiger partial charge is 0.397 e. The van der Waals surface area contributed by atoms with Gasteiger partial charge < -0.3 is 16.0 Å². The molecule has 118 valence electrons. The first kappa shape index (κ1) is 17.8. The highest BCUT2D eigenvalue weighted by atomic mass is 35.5. The fourth-order valence-corrected chi connectivity index (χ4v) is 2.07. The van der Waals surface area contributed by atoms with E-state index in [1.807, 2.05) is 14.1 Å². The molecule has 1 aromatic rings. The number of carbonyl (C=O) groups is 1. The lowest BCUT2D eigenvalue weighted by molar-refractivity contribution is -0.117. The van der Waals surface area contributed by atoms with Gasteiger partial charge in [0, 0.05) is 18.8 Å². The number of halogens is 1. The van der Waals surface area contributed by atoms with Crippen LogP contribution in [0.3, 0.4) is 0 Å². The van der Waals surface area contributed by atoms with Crippen LogP contribution in [-0.4, -0.2) is 56.0 Å². The van der Waals surface area contributed by atoms with E-state index >= 15 is 0 Å². The first-order valence-corrected chi connectivity index (χ1v) is 7.52. The molecule has 6 heteroatoms. The minimum Gasteiger partial charge on any atom is -0.397 e. The van der Waals surface area contributed by atoms with E-state index in [-0.39, 0.29) is 5.91 Å². The summed E-state index contributed by atoms with van der Waals surface area (Å²) in [7, 11) is 4.06. The van der Waals surface area contributed by atoms with Crippen molar-refractivity contribution in [1.82, 2.24) is 9.80 Å². The number of carbonyl (C=O) groups excluding carboxylic acids is 1. The van der Waals surface area contributed by atoms with Crippen LogP contribution in [0.5, 0.6) is 0 Å². The third kappa shape index (κ3) is 6.80. The first-order chi connectivity index (χ1) is 9.92. The van der Waals surface area contributed by atoms with Gasteiger partial charge in [0.1, 0.15) is 0 Å². The maximum atomic E-state index is 12.1. The van der Waals surface area contributed by atoms with Crippen molar-refractivity contribution in [2.75, 3.05) is 51.3 Å². The molecule has 0 saturated heterocycles. The van der Waals surface area contributed by atoms with Crippen molar-refractivity contribution in [2.24, 2.45) is 0 Å². The van der Waals surface area contributed by atoms with Crippen LogP contribution in [-0.2, 0) is 4.79 Å². The number of amides is 1. The molecule has 3 N–H and O–H groups in total. The number of nitrogens with two attached hydrogens (primary N) is 1. The summed E-state index contributed by atoms with van der Waals surface area (Å²) >= 11 is 5.86. The van der Waals surface area contributed by atoms with E-state index in [2.05, 4.69) is 22.0 Å². The quantitative estimate of drug-likeness (QED) is 0.722. The average Bonchev–Trinajstić information content (AvgIpc) is 2.40. The molecule has 5 nitrogen and oxygen atoms in total. The van der Waals surface area contributed by atoms with Crippen LogP contribution in [0.4, 0.5) is 11.4 Å². The number of likely N-dealkylation sites (N-methyl/N-ethyl adjacent to an activating group) is 1. The van der Waals surface area contributed by atoms with E-state index < -0.39 is 0 Å². The van der Waals surface area contributed by atoms with Gasteiger partial charge in [0.2, 0.25) is 5.91 Å². The number of benzene rings is 1. The van der Waals surface area contributed by atoms with Crippen LogP contribution in [0.15, 0.2) is 18.2 Å². The zero-order valence-corrected chi connectivity index (χ0v) is 13.8. The minimum atomic E-state index is -0.0380. The van der Waals surface area contributed by atoms with Gasteiger partial charge in [0.05, 0.1) is 17.3 Å². The Morgan fingerprint density at radius 2 is 2.00 bits per heavy atom. The number of hydrogen-bond donors (Lipinski definition) is 2. The van der Waals surface area contributed by atoms with Gasteiger partial charge >= 0.3 is 0 Å². The van der Waals surface area contributed by atoms with Crippen LogP contribution in [0.25, 0.3) is 0 Å². The second kappa shape index (κ2) is 8.87. The normalized spacial score (nSPS) is 11.1. The van der Waals surface area contributed by atoms with E-state index in [0.29, 0.717) is 22.9 Å². The Balaban J connectivity index is 2.54. The fourth-order valence-electron chi connectivity index (χ4n) is 1.95. The second-order valence-corrected chi connectivity index (χ2v) is 5.77. The molecule has 0 saturated carbocycles. The number of anilines is 2. The summed E-state index contributed by atoms with van der Waals surface area (Å²) < 4.78 is 0. The van der Waals surface area contributed by atoms with Crippen molar-refractivity contribution >= 4 is 28.9 Å². The van der Waals surface area contributed by atoms with Crippen LogP contribution < -0.4 is 11.1 Å². The molecule has 0 aromatic heterocycles. The summed E-state index contributed by atoms with van der Waals surface area (Å²) in [6.45, 7) is 5.20. The summed E-state index contributed by atoms with van der Waals surface area (Å²) in [4.78, 5) is 16.4. The summed E-state index contributed by atoms with van der Waals surface area (Å²) in [6.07, 6.45) is 1.02. The van der Waals surface area contributed by atoms with Gasteiger partial charge in [-0.1, -0.05) is 18.5 Å². The first-order valence-electron chi connectivity index (χ1n) is 7.14. The van der Waals surface area contributed by atoms with Gasteiger partial charge in [-0.3, -0.25) is 9.69 Å². The second-order valence-electron chi connectivity index (χ2n) is 5.36. The lowest BCUT2D eigenvalue weighted by Crippen LogP contribution is -2.38. The minimum absolute atomic E-state index is 0.0380. The molecule has 0 radical (unpaired) electrons.